The van der Waals surface area contributed by atoms with Crippen molar-refractivity contribution in [2.75, 3.05) is 26.7 Å². The summed E-state index contributed by atoms with van der Waals surface area (Å²) < 4.78 is 0. The Balaban J connectivity index is 1.44. The van der Waals surface area contributed by atoms with E-state index in [1.165, 1.54) is 0 Å². The average molecular weight is 542 g/mol. The summed E-state index contributed by atoms with van der Waals surface area (Å²) in [5.74, 6) is -0.155. The minimum Gasteiger partial charge on any atom is -0.508 e. The summed E-state index contributed by atoms with van der Waals surface area (Å²) in [7, 11) is 1.72. The van der Waals surface area contributed by atoms with Crippen molar-refractivity contribution in [2.45, 2.75) is 38.0 Å². The van der Waals surface area contributed by atoms with Gasteiger partial charge in [-0.3, -0.25) is 9.59 Å². The molecule has 4 amide bonds. The minimum atomic E-state index is -0.781. The number of fused-ring (bicyclic) bond motifs is 1. The Labute approximate surface area is 234 Å². The molecule has 0 aromatic heterocycles. The van der Waals surface area contributed by atoms with Gasteiger partial charge in [0.1, 0.15) is 18.0 Å². The van der Waals surface area contributed by atoms with Crippen LogP contribution in [0.3, 0.4) is 0 Å². The fraction of sp³-hybridized carbons (Fsp3) is 0.323. The Kier molecular flexibility index (Phi) is 8.02. The molecular weight excluding hydrogens is 506 g/mol. The molecule has 0 aliphatic carbocycles. The predicted molar refractivity (Wildman–Crippen MR) is 151 cm³/mol. The summed E-state index contributed by atoms with van der Waals surface area (Å²) in [4.78, 5) is 44.4. The minimum absolute atomic E-state index is 0.0188. The molecule has 0 spiro atoms. The van der Waals surface area contributed by atoms with Crippen molar-refractivity contribution in [2.24, 2.45) is 0 Å². The molecule has 1 unspecified atom stereocenters. The second-order valence-electron chi connectivity index (χ2n) is 10.5. The molecule has 2 aliphatic rings. The Morgan fingerprint density at radius 2 is 1.60 bits per heavy atom. The van der Waals surface area contributed by atoms with Crippen molar-refractivity contribution in [3.05, 3.63) is 102 Å². The van der Waals surface area contributed by atoms with E-state index in [-0.39, 0.29) is 49.0 Å². The van der Waals surface area contributed by atoms with E-state index in [0.717, 1.165) is 16.7 Å². The smallest absolute Gasteiger partial charge is 0.334 e. The van der Waals surface area contributed by atoms with Gasteiger partial charge in [-0.25, -0.2) is 14.8 Å². The van der Waals surface area contributed by atoms with Crippen LogP contribution in [0, 0.1) is 0 Å². The number of nitrogens with zero attached hydrogens (tertiary/aromatic N) is 4. The van der Waals surface area contributed by atoms with Crippen LogP contribution in [-0.4, -0.2) is 81.7 Å². The third-order valence-electron chi connectivity index (χ3n) is 7.66. The first-order chi connectivity index (χ1) is 19.3. The summed E-state index contributed by atoms with van der Waals surface area (Å²) in [6.45, 7) is 3.06. The van der Waals surface area contributed by atoms with Crippen molar-refractivity contribution in [3.63, 3.8) is 0 Å². The van der Waals surface area contributed by atoms with Gasteiger partial charge in [0, 0.05) is 26.6 Å². The maximum Gasteiger partial charge on any atom is 0.334 e. The van der Waals surface area contributed by atoms with E-state index >= 15 is 0 Å². The fourth-order valence-corrected chi connectivity index (χ4v) is 5.60. The van der Waals surface area contributed by atoms with Gasteiger partial charge >= 0.3 is 6.03 Å². The first kappa shape index (κ1) is 27.2. The Morgan fingerprint density at radius 3 is 2.27 bits per heavy atom. The molecule has 3 aromatic carbocycles. The molecule has 2 aliphatic heterocycles. The molecule has 2 heterocycles. The first-order valence-corrected chi connectivity index (χ1v) is 13.6. The molecule has 3 aromatic rings. The Hall–Kier alpha value is -4.37. The van der Waals surface area contributed by atoms with Gasteiger partial charge in [-0.1, -0.05) is 79.7 Å². The maximum absolute atomic E-state index is 14.0. The highest BCUT2D eigenvalue weighted by molar-refractivity contribution is 5.91. The van der Waals surface area contributed by atoms with E-state index in [9.17, 15) is 19.5 Å². The van der Waals surface area contributed by atoms with Crippen LogP contribution >= 0.6 is 0 Å². The summed E-state index contributed by atoms with van der Waals surface area (Å²) in [5.41, 5.74) is 2.90. The standard InChI is InChI=1S/C31H35N5O4/c1-22(25-11-7-4-8-12-25)19-34-20-28-35(27(30(34)39)17-23-13-15-26(37)16-14-23)29(38)21-33(2)36(28)31(40)32-18-24-9-5-3-6-10-24/h3-16,22,27-28,37H,17-21H2,1-2H3,(H,32,40)/t22?,27-,28-/m0/s1. The molecule has 208 valence electrons. The largest absolute Gasteiger partial charge is 0.508 e. The maximum atomic E-state index is 14.0. The Bertz CT molecular complexity index is 1330. The third kappa shape index (κ3) is 5.79. The van der Waals surface area contributed by atoms with Gasteiger partial charge in [0.05, 0.1) is 13.1 Å². The van der Waals surface area contributed by atoms with Gasteiger partial charge in [0.15, 0.2) is 0 Å². The molecule has 3 atom stereocenters. The number of phenolic OH excluding ortho intramolecular Hbond substituents is 1. The Morgan fingerprint density at radius 1 is 0.950 bits per heavy atom. The second-order valence-corrected chi connectivity index (χ2v) is 10.5. The number of amides is 4. The lowest BCUT2D eigenvalue weighted by Crippen LogP contribution is -2.76. The van der Waals surface area contributed by atoms with E-state index in [4.69, 9.17) is 0 Å². The number of hydrogen-bond acceptors (Lipinski definition) is 5. The van der Waals surface area contributed by atoms with Crippen LogP contribution in [0.2, 0.25) is 0 Å². The van der Waals surface area contributed by atoms with Gasteiger partial charge < -0.3 is 20.2 Å². The number of benzene rings is 3. The van der Waals surface area contributed by atoms with Crippen molar-refractivity contribution in [1.29, 1.82) is 0 Å². The highest BCUT2D eigenvalue weighted by Gasteiger charge is 2.50. The number of rotatable bonds is 7. The zero-order valence-corrected chi connectivity index (χ0v) is 22.8. The lowest BCUT2D eigenvalue weighted by atomic mass is 9.96. The summed E-state index contributed by atoms with van der Waals surface area (Å²) in [6.07, 6.45) is -0.384. The van der Waals surface area contributed by atoms with Crippen molar-refractivity contribution in [1.82, 2.24) is 25.1 Å². The topological polar surface area (TPSA) is 96.4 Å². The molecule has 0 bridgehead atoms. The summed E-state index contributed by atoms with van der Waals surface area (Å²) >= 11 is 0. The molecule has 40 heavy (non-hydrogen) atoms. The van der Waals surface area contributed by atoms with Crippen molar-refractivity contribution >= 4 is 17.8 Å². The summed E-state index contributed by atoms with van der Waals surface area (Å²) in [5, 5.41) is 15.9. The van der Waals surface area contributed by atoms with Crippen molar-refractivity contribution in [3.8, 4) is 5.75 Å². The first-order valence-electron chi connectivity index (χ1n) is 13.6. The number of carbonyl (C=O) groups excluding carboxylic acids is 3. The number of aromatic hydroxyl groups is 1. The third-order valence-corrected chi connectivity index (χ3v) is 7.66. The number of nitrogens with one attached hydrogen (secondary N) is 1. The number of phenols is 1. The van der Waals surface area contributed by atoms with E-state index in [1.54, 1.807) is 51.1 Å². The lowest BCUT2D eigenvalue weighted by Gasteiger charge is -2.54. The second kappa shape index (κ2) is 11.8. The van der Waals surface area contributed by atoms with Crippen LogP contribution in [-0.2, 0) is 22.6 Å². The van der Waals surface area contributed by atoms with Gasteiger partial charge in [-0.2, -0.15) is 0 Å². The highest BCUT2D eigenvalue weighted by Crippen LogP contribution is 2.29. The fourth-order valence-electron chi connectivity index (χ4n) is 5.60. The van der Waals surface area contributed by atoms with Crippen molar-refractivity contribution < 1.29 is 19.5 Å². The number of carbonyl (C=O) groups is 3. The van der Waals surface area contributed by atoms with Crippen LogP contribution in [0.4, 0.5) is 4.79 Å². The molecular formula is C31H35N5O4. The van der Waals surface area contributed by atoms with E-state index in [0.29, 0.717) is 13.1 Å². The number of hydrazine groups is 1. The SMILES string of the molecule is CC(CN1C[C@H]2N(C(=O)CN(C)N2C(=O)NCc2ccccc2)[C@@H](Cc2ccc(O)cc2)C1=O)c1ccccc1. The van der Waals surface area contributed by atoms with Gasteiger partial charge in [0.25, 0.3) is 0 Å². The van der Waals surface area contributed by atoms with E-state index in [1.807, 2.05) is 60.7 Å². The number of piperazine rings is 1. The number of urea groups is 1. The van der Waals surface area contributed by atoms with E-state index < -0.39 is 12.2 Å². The van der Waals surface area contributed by atoms with Gasteiger partial charge in [-0.15, -0.1) is 0 Å². The normalized spacial score (nSPS) is 20.3. The predicted octanol–water partition coefficient (Wildman–Crippen LogP) is 3.18. The van der Waals surface area contributed by atoms with E-state index in [2.05, 4.69) is 12.2 Å². The zero-order valence-electron chi connectivity index (χ0n) is 22.8. The quantitative estimate of drug-likeness (QED) is 0.479. The molecule has 2 N–H and O–H groups in total. The van der Waals surface area contributed by atoms with Crippen LogP contribution in [0.1, 0.15) is 29.5 Å². The molecule has 5 rings (SSSR count). The molecule has 2 fully saturated rings. The van der Waals surface area contributed by atoms with Crippen LogP contribution in [0.5, 0.6) is 5.75 Å². The monoisotopic (exact) mass is 541 g/mol. The number of hydrogen-bond donors (Lipinski definition) is 2. The molecule has 0 saturated carbocycles. The molecule has 2 saturated heterocycles. The lowest BCUT2D eigenvalue weighted by molar-refractivity contribution is -0.187. The molecule has 0 radical (unpaired) electrons. The number of likely N-dealkylation sites (N-methyl/N-ethyl adjacent to an activating group) is 1. The average Bonchev–Trinajstić information content (AvgIpc) is 2.96. The van der Waals surface area contributed by atoms with Crippen LogP contribution in [0.25, 0.3) is 0 Å². The zero-order chi connectivity index (χ0) is 28.2. The molecule has 9 nitrogen and oxygen atoms in total. The van der Waals surface area contributed by atoms with Gasteiger partial charge in [0.2, 0.25) is 11.8 Å². The van der Waals surface area contributed by atoms with Crippen LogP contribution < -0.4 is 5.32 Å². The van der Waals surface area contributed by atoms with Crippen LogP contribution in [0.15, 0.2) is 84.9 Å². The summed E-state index contributed by atoms with van der Waals surface area (Å²) in [6, 6.07) is 25.2. The highest BCUT2D eigenvalue weighted by atomic mass is 16.3. The molecule has 9 heteroatoms. The van der Waals surface area contributed by atoms with Gasteiger partial charge in [-0.05, 0) is 34.7 Å².